The summed E-state index contributed by atoms with van der Waals surface area (Å²) in [6, 6.07) is 9.84. The van der Waals surface area contributed by atoms with Crippen molar-refractivity contribution < 1.29 is 4.79 Å². The number of amides is 1. The Morgan fingerprint density at radius 1 is 1.14 bits per heavy atom. The molecule has 120 valence electrons. The van der Waals surface area contributed by atoms with Gasteiger partial charge >= 0.3 is 0 Å². The molecule has 2 unspecified atom stereocenters. The summed E-state index contributed by atoms with van der Waals surface area (Å²) in [6.07, 6.45) is 3.74. The van der Waals surface area contributed by atoms with Crippen LogP contribution in [0.3, 0.4) is 0 Å². The minimum Gasteiger partial charge on any atom is -0.348 e. The highest BCUT2D eigenvalue weighted by Crippen LogP contribution is 2.27. The van der Waals surface area contributed by atoms with Gasteiger partial charge in [0.25, 0.3) is 0 Å². The molecule has 0 fully saturated rings. The fourth-order valence-corrected chi connectivity index (χ4v) is 2.60. The molecule has 0 spiro atoms. The van der Waals surface area contributed by atoms with Crippen LogP contribution in [0.5, 0.6) is 0 Å². The highest BCUT2D eigenvalue weighted by Gasteiger charge is 2.24. The summed E-state index contributed by atoms with van der Waals surface area (Å²) in [5.41, 5.74) is 7.09. The van der Waals surface area contributed by atoms with E-state index in [4.69, 9.17) is 5.73 Å². The molecule has 0 saturated carbocycles. The molecule has 0 bridgehead atoms. The van der Waals surface area contributed by atoms with Gasteiger partial charge in [0.1, 0.15) is 0 Å². The van der Waals surface area contributed by atoms with Gasteiger partial charge in [-0.05, 0) is 17.9 Å². The number of rotatable bonds is 8. The topological polar surface area (TPSA) is 55.1 Å². The lowest BCUT2D eigenvalue weighted by Crippen LogP contribution is -2.43. The van der Waals surface area contributed by atoms with Gasteiger partial charge in [0, 0.05) is 0 Å². The zero-order valence-electron chi connectivity index (χ0n) is 13.3. The highest BCUT2D eigenvalue weighted by molar-refractivity contribution is 5.85. The zero-order valence-corrected chi connectivity index (χ0v) is 14.2. The van der Waals surface area contributed by atoms with E-state index in [2.05, 4.69) is 31.3 Å². The average molecular weight is 313 g/mol. The maximum Gasteiger partial charge on any atom is 0.237 e. The van der Waals surface area contributed by atoms with Crippen LogP contribution < -0.4 is 11.1 Å². The summed E-state index contributed by atoms with van der Waals surface area (Å²) >= 11 is 0. The van der Waals surface area contributed by atoms with E-state index in [0.29, 0.717) is 5.92 Å². The van der Waals surface area contributed by atoms with Crippen molar-refractivity contribution in [1.29, 1.82) is 0 Å². The first-order chi connectivity index (χ1) is 9.63. The summed E-state index contributed by atoms with van der Waals surface area (Å²) in [5.74, 6) is 0.405. The first-order valence-electron chi connectivity index (χ1n) is 7.74. The van der Waals surface area contributed by atoms with Crippen LogP contribution in [-0.2, 0) is 4.79 Å². The van der Waals surface area contributed by atoms with E-state index < -0.39 is 6.04 Å². The molecule has 1 aromatic carbocycles. The molecule has 0 aliphatic carbocycles. The van der Waals surface area contributed by atoms with Gasteiger partial charge < -0.3 is 11.1 Å². The summed E-state index contributed by atoms with van der Waals surface area (Å²) < 4.78 is 0. The third kappa shape index (κ3) is 6.06. The van der Waals surface area contributed by atoms with Crippen LogP contribution >= 0.6 is 12.4 Å². The number of hydrogen-bond donors (Lipinski definition) is 2. The van der Waals surface area contributed by atoms with Crippen molar-refractivity contribution in [2.24, 2.45) is 11.7 Å². The number of nitrogens with two attached hydrogens (primary N) is 1. The number of carbonyl (C=O) groups excluding carboxylic acids is 1. The molecule has 1 amide bonds. The van der Waals surface area contributed by atoms with Crippen LogP contribution in [-0.4, -0.2) is 11.9 Å². The van der Waals surface area contributed by atoms with Crippen LogP contribution in [0.15, 0.2) is 30.3 Å². The molecule has 2 atom stereocenters. The second-order valence-electron chi connectivity index (χ2n) is 5.37. The van der Waals surface area contributed by atoms with Crippen LogP contribution in [0, 0.1) is 5.92 Å². The largest absolute Gasteiger partial charge is 0.348 e. The van der Waals surface area contributed by atoms with Gasteiger partial charge in [-0.25, -0.2) is 0 Å². The predicted octanol–water partition coefficient (Wildman–Crippen LogP) is 3.83. The Bertz CT molecular complexity index is 393. The smallest absolute Gasteiger partial charge is 0.237 e. The summed E-state index contributed by atoms with van der Waals surface area (Å²) in [4.78, 5) is 12.2. The Morgan fingerprint density at radius 2 is 1.71 bits per heavy atom. The average Bonchev–Trinajstić information content (AvgIpc) is 2.48. The van der Waals surface area contributed by atoms with Gasteiger partial charge in [0.05, 0.1) is 12.1 Å². The number of carbonyl (C=O) groups is 1. The van der Waals surface area contributed by atoms with Crippen molar-refractivity contribution in [2.75, 3.05) is 0 Å². The van der Waals surface area contributed by atoms with E-state index >= 15 is 0 Å². The fraction of sp³-hybridized carbons (Fsp3) is 0.588. The molecule has 0 aromatic heterocycles. The van der Waals surface area contributed by atoms with Gasteiger partial charge in [-0.1, -0.05) is 70.4 Å². The van der Waals surface area contributed by atoms with Crippen LogP contribution in [0.2, 0.25) is 0 Å². The second kappa shape index (κ2) is 10.6. The molecule has 3 N–H and O–H groups in total. The molecular weight excluding hydrogens is 284 g/mol. The molecule has 21 heavy (non-hydrogen) atoms. The van der Waals surface area contributed by atoms with Crippen molar-refractivity contribution in [1.82, 2.24) is 5.32 Å². The van der Waals surface area contributed by atoms with E-state index in [-0.39, 0.29) is 24.4 Å². The Kier molecular flexibility index (Phi) is 10.1. The Hall–Kier alpha value is -1.06. The number of hydrogen-bond acceptors (Lipinski definition) is 2. The monoisotopic (exact) mass is 312 g/mol. The van der Waals surface area contributed by atoms with E-state index in [1.165, 1.54) is 5.56 Å². The molecule has 0 radical (unpaired) electrons. The molecule has 0 aliphatic heterocycles. The van der Waals surface area contributed by atoms with E-state index in [1.54, 1.807) is 0 Å². The van der Waals surface area contributed by atoms with Crippen molar-refractivity contribution in [3.63, 3.8) is 0 Å². The van der Waals surface area contributed by atoms with E-state index in [9.17, 15) is 4.79 Å². The SMILES string of the molecule is CCCC(N)C(=O)NC(c1ccccc1)C(CC)CC.Cl. The van der Waals surface area contributed by atoms with E-state index in [0.717, 1.165) is 25.7 Å². The lowest BCUT2D eigenvalue weighted by molar-refractivity contribution is -0.123. The Labute approximate surface area is 135 Å². The third-order valence-corrected chi connectivity index (χ3v) is 3.91. The highest BCUT2D eigenvalue weighted by atomic mass is 35.5. The molecule has 0 aliphatic rings. The fourth-order valence-electron chi connectivity index (χ4n) is 2.60. The maximum absolute atomic E-state index is 12.2. The molecular formula is C17H29ClN2O. The molecule has 0 heterocycles. The van der Waals surface area contributed by atoms with Gasteiger partial charge in [-0.2, -0.15) is 0 Å². The molecule has 3 nitrogen and oxygen atoms in total. The first-order valence-corrected chi connectivity index (χ1v) is 7.74. The minimum atomic E-state index is -0.402. The lowest BCUT2D eigenvalue weighted by atomic mass is 9.88. The molecule has 1 aromatic rings. The van der Waals surface area contributed by atoms with Crippen molar-refractivity contribution in [3.05, 3.63) is 35.9 Å². The normalized spacial score (nSPS) is 13.4. The molecule has 1 rings (SSSR count). The van der Waals surface area contributed by atoms with Gasteiger partial charge in [0.15, 0.2) is 0 Å². The summed E-state index contributed by atoms with van der Waals surface area (Å²) in [5, 5.41) is 3.16. The number of nitrogens with one attached hydrogen (secondary N) is 1. The summed E-state index contributed by atoms with van der Waals surface area (Å²) in [6.45, 7) is 6.38. The van der Waals surface area contributed by atoms with Crippen molar-refractivity contribution >= 4 is 18.3 Å². The number of benzene rings is 1. The predicted molar refractivity (Wildman–Crippen MR) is 91.5 cm³/mol. The number of halogens is 1. The standard InChI is InChI=1S/C17H28N2O.ClH/c1-4-10-15(18)17(20)19-16(13(5-2)6-3)14-11-8-7-9-12-14;/h7-9,11-13,15-16H,4-6,10,18H2,1-3H3,(H,19,20);1H. The second-order valence-corrected chi connectivity index (χ2v) is 5.37. The van der Waals surface area contributed by atoms with Crippen LogP contribution in [0.25, 0.3) is 0 Å². The molecule has 0 saturated heterocycles. The zero-order chi connectivity index (χ0) is 15.0. The quantitative estimate of drug-likeness (QED) is 0.766. The maximum atomic E-state index is 12.2. The minimum absolute atomic E-state index is 0. The van der Waals surface area contributed by atoms with Crippen molar-refractivity contribution in [3.8, 4) is 0 Å². The Balaban J connectivity index is 0.00000400. The van der Waals surface area contributed by atoms with Crippen LogP contribution in [0.4, 0.5) is 0 Å². The first kappa shape index (κ1) is 19.9. The molecule has 4 heteroatoms. The van der Waals surface area contributed by atoms with Gasteiger partial charge in [0.2, 0.25) is 5.91 Å². The van der Waals surface area contributed by atoms with E-state index in [1.807, 2.05) is 25.1 Å². The summed E-state index contributed by atoms with van der Waals surface area (Å²) in [7, 11) is 0. The van der Waals surface area contributed by atoms with Gasteiger partial charge in [-0.15, -0.1) is 12.4 Å². The van der Waals surface area contributed by atoms with Gasteiger partial charge in [-0.3, -0.25) is 4.79 Å². The third-order valence-electron chi connectivity index (χ3n) is 3.91. The lowest BCUT2D eigenvalue weighted by Gasteiger charge is -2.28. The van der Waals surface area contributed by atoms with Crippen molar-refractivity contribution in [2.45, 2.75) is 58.5 Å². The Morgan fingerprint density at radius 3 is 2.19 bits per heavy atom. The van der Waals surface area contributed by atoms with Crippen LogP contribution in [0.1, 0.15) is 58.1 Å².